The summed E-state index contributed by atoms with van der Waals surface area (Å²) in [4.78, 5) is 23.3. The molecule has 0 bridgehead atoms. The fourth-order valence-electron chi connectivity index (χ4n) is 1.89. The molecular weight excluding hydrogens is 321 g/mol. The fourth-order valence-corrected chi connectivity index (χ4v) is 2.02. The average molecular weight is 336 g/mol. The van der Waals surface area contributed by atoms with E-state index in [2.05, 4.69) is 5.32 Å². The Hall–Kier alpha value is -2.40. The number of rotatable bonds is 6. The first-order chi connectivity index (χ1) is 11.1. The van der Waals surface area contributed by atoms with Crippen LogP contribution in [0.2, 0.25) is 5.02 Å². The van der Waals surface area contributed by atoms with E-state index in [0.29, 0.717) is 22.6 Å². The summed E-state index contributed by atoms with van der Waals surface area (Å²) in [6, 6.07) is 12.5. The molecule has 1 N–H and O–H groups in total. The van der Waals surface area contributed by atoms with Gasteiger partial charge in [0.2, 0.25) is 0 Å². The lowest BCUT2D eigenvalue weighted by molar-refractivity contribution is -0.124. The van der Waals surface area contributed by atoms with Crippen molar-refractivity contribution in [1.29, 1.82) is 0 Å². The van der Waals surface area contributed by atoms with Gasteiger partial charge in [0, 0.05) is 11.6 Å². The average Bonchev–Trinajstić information content (AvgIpc) is 2.55. The number of benzene rings is 2. The quantitative estimate of drug-likeness (QED) is 0.826. The highest BCUT2D eigenvalue weighted by Crippen LogP contribution is 2.10. The van der Waals surface area contributed by atoms with E-state index in [1.165, 1.54) is 18.2 Å². The van der Waals surface area contributed by atoms with Crippen molar-refractivity contribution in [2.75, 3.05) is 13.2 Å². The zero-order valence-electron chi connectivity index (χ0n) is 12.2. The van der Waals surface area contributed by atoms with Gasteiger partial charge in [0.25, 0.3) is 5.91 Å². The Labute approximate surface area is 138 Å². The van der Waals surface area contributed by atoms with Crippen LogP contribution in [0.25, 0.3) is 0 Å². The molecule has 2 aromatic carbocycles. The van der Waals surface area contributed by atoms with Gasteiger partial charge in [-0.1, -0.05) is 29.8 Å². The number of halogens is 2. The van der Waals surface area contributed by atoms with Crippen molar-refractivity contribution in [2.24, 2.45) is 0 Å². The van der Waals surface area contributed by atoms with Crippen LogP contribution in [0, 0.1) is 5.82 Å². The van der Waals surface area contributed by atoms with Crippen LogP contribution in [0.4, 0.5) is 4.39 Å². The van der Waals surface area contributed by atoms with Crippen LogP contribution in [-0.4, -0.2) is 25.0 Å². The first kappa shape index (κ1) is 17.0. The third-order valence-electron chi connectivity index (χ3n) is 3.09. The van der Waals surface area contributed by atoms with Crippen molar-refractivity contribution in [3.63, 3.8) is 0 Å². The number of ether oxygens (including phenoxy) is 1. The largest absolute Gasteiger partial charge is 0.452 e. The maximum atomic E-state index is 13.4. The standard InChI is InChI=1S/C17H15ClFNO3/c18-14-7-5-13(6-8-14)17(22)23-11-16(21)20-10-9-12-3-1-2-4-15(12)19/h1-8H,9-11H2,(H,20,21). The maximum absolute atomic E-state index is 13.4. The van der Waals surface area contributed by atoms with Gasteiger partial charge in [-0.2, -0.15) is 0 Å². The van der Waals surface area contributed by atoms with Gasteiger partial charge in [0.05, 0.1) is 5.56 Å². The topological polar surface area (TPSA) is 55.4 Å². The Morgan fingerprint density at radius 2 is 1.78 bits per heavy atom. The van der Waals surface area contributed by atoms with Gasteiger partial charge in [-0.3, -0.25) is 4.79 Å². The van der Waals surface area contributed by atoms with Gasteiger partial charge in [0.15, 0.2) is 6.61 Å². The molecule has 4 nitrogen and oxygen atoms in total. The van der Waals surface area contributed by atoms with E-state index < -0.39 is 18.5 Å². The molecule has 0 fully saturated rings. The molecule has 0 spiro atoms. The number of esters is 1. The van der Waals surface area contributed by atoms with Crippen molar-refractivity contribution in [3.8, 4) is 0 Å². The van der Waals surface area contributed by atoms with Crippen LogP contribution in [0.5, 0.6) is 0 Å². The van der Waals surface area contributed by atoms with Crippen molar-refractivity contribution >= 4 is 23.5 Å². The number of carbonyl (C=O) groups excluding carboxylic acids is 2. The molecule has 0 saturated carbocycles. The molecule has 120 valence electrons. The van der Waals surface area contributed by atoms with Gasteiger partial charge in [-0.15, -0.1) is 0 Å². The number of amides is 1. The van der Waals surface area contributed by atoms with E-state index in [-0.39, 0.29) is 12.4 Å². The molecule has 0 radical (unpaired) electrons. The summed E-state index contributed by atoms with van der Waals surface area (Å²) in [7, 11) is 0. The van der Waals surface area contributed by atoms with Crippen LogP contribution in [0.1, 0.15) is 15.9 Å². The Balaban J connectivity index is 1.72. The summed E-state index contributed by atoms with van der Waals surface area (Å²) in [5.74, 6) is -1.36. The lowest BCUT2D eigenvalue weighted by Crippen LogP contribution is -2.30. The molecule has 6 heteroatoms. The Kier molecular flexibility index (Phi) is 6.11. The summed E-state index contributed by atoms with van der Waals surface area (Å²) < 4.78 is 18.3. The van der Waals surface area contributed by atoms with Crippen LogP contribution in [0.15, 0.2) is 48.5 Å². The number of hydrogen-bond acceptors (Lipinski definition) is 3. The predicted octanol–water partition coefficient (Wildman–Crippen LogP) is 2.99. The predicted molar refractivity (Wildman–Crippen MR) is 84.8 cm³/mol. The fraction of sp³-hybridized carbons (Fsp3) is 0.176. The second kappa shape index (κ2) is 8.29. The number of carbonyl (C=O) groups is 2. The highest BCUT2D eigenvalue weighted by atomic mass is 35.5. The minimum atomic E-state index is -0.606. The first-order valence-electron chi connectivity index (χ1n) is 6.99. The maximum Gasteiger partial charge on any atom is 0.338 e. The van der Waals surface area contributed by atoms with Crippen molar-refractivity contribution in [1.82, 2.24) is 5.32 Å². The summed E-state index contributed by atoms with van der Waals surface area (Å²) in [5, 5.41) is 3.08. The lowest BCUT2D eigenvalue weighted by Gasteiger charge is -2.07. The van der Waals surface area contributed by atoms with Crippen LogP contribution in [0.3, 0.4) is 0 Å². The van der Waals surface area contributed by atoms with E-state index in [9.17, 15) is 14.0 Å². The molecule has 0 aromatic heterocycles. The van der Waals surface area contributed by atoms with Gasteiger partial charge in [0.1, 0.15) is 5.82 Å². The Bertz CT molecular complexity index is 688. The molecule has 0 heterocycles. The highest BCUT2D eigenvalue weighted by Gasteiger charge is 2.10. The van der Waals surface area contributed by atoms with E-state index in [4.69, 9.17) is 16.3 Å². The van der Waals surface area contributed by atoms with Gasteiger partial charge < -0.3 is 10.1 Å². The first-order valence-corrected chi connectivity index (χ1v) is 7.37. The number of nitrogens with one attached hydrogen (secondary N) is 1. The highest BCUT2D eigenvalue weighted by molar-refractivity contribution is 6.30. The van der Waals surface area contributed by atoms with E-state index in [1.807, 2.05) is 0 Å². The number of hydrogen-bond donors (Lipinski definition) is 1. The molecule has 23 heavy (non-hydrogen) atoms. The molecule has 2 rings (SSSR count). The molecule has 0 aliphatic carbocycles. The Morgan fingerprint density at radius 3 is 2.48 bits per heavy atom. The zero-order chi connectivity index (χ0) is 16.7. The minimum Gasteiger partial charge on any atom is -0.452 e. The molecular formula is C17H15ClFNO3. The monoisotopic (exact) mass is 335 g/mol. The summed E-state index contributed by atoms with van der Waals surface area (Å²) in [6.07, 6.45) is 0.365. The smallest absolute Gasteiger partial charge is 0.338 e. The Morgan fingerprint density at radius 1 is 1.09 bits per heavy atom. The zero-order valence-corrected chi connectivity index (χ0v) is 13.0. The van der Waals surface area contributed by atoms with Crippen molar-refractivity contribution in [3.05, 3.63) is 70.5 Å². The van der Waals surface area contributed by atoms with Gasteiger partial charge in [-0.05, 0) is 42.3 Å². The van der Waals surface area contributed by atoms with Crippen LogP contribution in [-0.2, 0) is 16.0 Å². The van der Waals surface area contributed by atoms with E-state index in [0.717, 1.165) is 0 Å². The lowest BCUT2D eigenvalue weighted by atomic mass is 10.1. The molecule has 1 amide bonds. The SMILES string of the molecule is O=C(COC(=O)c1ccc(Cl)cc1)NCCc1ccccc1F. The van der Waals surface area contributed by atoms with Crippen LogP contribution >= 0.6 is 11.6 Å². The van der Waals surface area contributed by atoms with Gasteiger partial charge >= 0.3 is 5.97 Å². The molecule has 0 unspecified atom stereocenters. The molecule has 0 saturated heterocycles. The molecule has 0 aliphatic rings. The molecule has 0 aliphatic heterocycles. The summed E-state index contributed by atoms with van der Waals surface area (Å²) in [5.41, 5.74) is 0.833. The second-order valence-electron chi connectivity index (χ2n) is 4.77. The minimum absolute atomic E-state index is 0.262. The molecule has 2 aromatic rings. The van der Waals surface area contributed by atoms with E-state index in [1.54, 1.807) is 30.3 Å². The molecule has 0 atom stereocenters. The van der Waals surface area contributed by atoms with Crippen LogP contribution < -0.4 is 5.32 Å². The van der Waals surface area contributed by atoms with Crippen molar-refractivity contribution in [2.45, 2.75) is 6.42 Å². The van der Waals surface area contributed by atoms with Gasteiger partial charge in [-0.25, -0.2) is 9.18 Å². The van der Waals surface area contributed by atoms with E-state index >= 15 is 0 Å². The summed E-state index contributed by atoms with van der Waals surface area (Å²) in [6.45, 7) is -0.128. The van der Waals surface area contributed by atoms with Crippen molar-refractivity contribution < 1.29 is 18.7 Å². The third kappa shape index (κ3) is 5.38. The normalized spacial score (nSPS) is 10.2. The third-order valence-corrected chi connectivity index (χ3v) is 3.34. The summed E-state index contributed by atoms with van der Waals surface area (Å²) >= 11 is 5.72. The second-order valence-corrected chi connectivity index (χ2v) is 5.21.